The van der Waals surface area contributed by atoms with Crippen molar-refractivity contribution in [3.8, 4) is 6.07 Å². The lowest BCUT2D eigenvalue weighted by Gasteiger charge is -2.09. The summed E-state index contributed by atoms with van der Waals surface area (Å²) in [5.74, 6) is -0.823. The second-order valence-electron chi connectivity index (χ2n) is 4.10. The van der Waals surface area contributed by atoms with Crippen LogP contribution < -0.4 is 0 Å². The number of esters is 1. The minimum Gasteiger partial charge on any atom is -0.466 e. The van der Waals surface area contributed by atoms with Gasteiger partial charge in [0.25, 0.3) is 0 Å². The number of carbonyl (C=O) groups excluding carboxylic acids is 2. The Bertz CT molecular complexity index is 515. The third kappa shape index (κ3) is 3.92. The molecule has 1 aromatic rings. The number of hydrogen-bond acceptors (Lipinski definition) is 4. The first-order chi connectivity index (χ1) is 9.13. The summed E-state index contributed by atoms with van der Waals surface area (Å²) in [5, 5.41) is 9.06. The third-order valence-corrected chi connectivity index (χ3v) is 2.71. The monoisotopic (exact) mass is 259 g/mol. The first-order valence-corrected chi connectivity index (χ1v) is 6.34. The van der Waals surface area contributed by atoms with E-state index in [0.29, 0.717) is 17.5 Å². The van der Waals surface area contributed by atoms with E-state index < -0.39 is 5.97 Å². The molecule has 0 radical (unpaired) electrons. The van der Waals surface area contributed by atoms with Crippen LogP contribution in [0, 0.1) is 11.3 Å². The van der Waals surface area contributed by atoms with Crippen LogP contribution in [0.15, 0.2) is 18.2 Å². The van der Waals surface area contributed by atoms with Crippen molar-refractivity contribution in [2.75, 3.05) is 6.61 Å². The van der Waals surface area contributed by atoms with Crippen molar-refractivity contribution in [2.45, 2.75) is 33.1 Å². The second-order valence-corrected chi connectivity index (χ2v) is 4.10. The molecule has 0 amide bonds. The SMILES string of the molecule is CCCc1c(C#N)cccc1C(=O)CC(=O)OCC. The van der Waals surface area contributed by atoms with Crippen LogP contribution in [0.1, 0.15) is 48.2 Å². The van der Waals surface area contributed by atoms with Crippen LogP contribution >= 0.6 is 0 Å². The molecule has 100 valence electrons. The Morgan fingerprint density at radius 1 is 1.32 bits per heavy atom. The van der Waals surface area contributed by atoms with Gasteiger partial charge in [0.1, 0.15) is 6.42 Å². The molecule has 0 spiro atoms. The standard InChI is InChI=1S/C15H17NO3/c1-3-6-12-11(10-16)7-5-8-13(12)14(17)9-15(18)19-4-2/h5,7-8H,3-4,6,9H2,1-2H3. The summed E-state index contributed by atoms with van der Waals surface area (Å²) >= 11 is 0. The molecule has 0 N–H and O–H groups in total. The summed E-state index contributed by atoms with van der Waals surface area (Å²) in [6.45, 7) is 3.93. The van der Waals surface area contributed by atoms with E-state index in [1.165, 1.54) is 0 Å². The third-order valence-electron chi connectivity index (χ3n) is 2.71. The van der Waals surface area contributed by atoms with Gasteiger partial charge in [-0.15, -0.1) is 0 Å². The van der Waals surface area contributed by atoms with Crippen molar-refractivity contribution >= 4 is 11.8 Å². The van der Waals surface area contributed by atoms with Crippen molar-refractivity contribution in [1.29, 1.82) is 5.26 Å². The van der Waals surface area contributed by atoms with Crippen LogP contribution in [0.2, 0.25) is 0 Å². The number of nitrogens with zero attached hydrogens (tertiary/aromatic N) is 1. The first kappa shape index (κ1) is 14.9. The zero-order valence-corrected chi connectivity index (χ0v) is 11.2. The van der Waals surface area contributed by atoms with E-state index in [2.05, 4.69) is 6.07 Å². The number of rotatable bonds is 6. The maximum absolute atomic E-state index is 12.1. The van der Waals surface area contributed by atoms with E-state index in [-0.39, 0.29) is 18.8 Å². The number of ether oxygens (including phenoxy) is 1. The molecule has 0 bridgehead atoms. The van der Waals surface area contributed by atoms with Gasteiger partial charge in [-0.05, 0) is 25.0 Å². The minimum absolute atomic E-state index is 0.256. The predicted octanol–water partition coefficient (Wildman–Crippen LogP) is 2.65. The number of Topliss-reactive ketones (excluding diaryl/α,β-unsaturated/α-hetero) is 1. The largest absolute Gasteiger partial charge is 0.466 e. The maximum Gasteiger partial charge on any atom is 0.313 e. The van der Waals surface area contributed by atoms with E-state index in [9.17, 15) is 9.59 Å². The molecule has 19 heavy (non-hydrogen) atoms. The highest BCUT2D eigenvalue weighted by Crippen LogP contribution is 2.18. The van der Waals surface area contributed by atoms with Crippen LogP contribution in [0.4, 0.5) is 0 Å². The van der Waals surface area contributed by atoms with Crippen LogP contribution in [0.3, 0.4) is 0 Å². The summed E-state index contributed by atoms with van der Waals surface area (Å²) in [6, 6.07) is 7.10. The quantitative estimate of drug-likeness (QED) is 0.447. The van der Waals surface area contributed by atoms with Crippen LogP contribution in [-0.4, -0.2) is 18.4 Å². The van der Waals surface area contributed by atoms with Gasteiger partial charge in [-0.3, -0.25) is 9.59 Å². The summed E-state index contributed by atoms with van der Waals surface area (Å²) in [5.41, 5.74) is 1.67. The highest BCUT2D eigenvalue weighted by Gasteiger charge is 2.17. The summed E-state index contributed by atoms with van der Waals surface area (Å²) in [7, 11) is 0. The average molecular weight is 259 g/mol. The molecule has 0 aromatic heterocycles. The molecule has 0 aliphatic rings. The molecular weight excluding hydrogens is 242 g/mol. The van der Waals surface area contributed by atoms with Crippen molar-refractivity contribution in [3.05, 3.63) is 34.9 Å². The Labute approximate surface area is 113 Å². The summed E-state index contributed by atoms with van der Waals surface area (Å²) < 4.78 is 4.77. The zero-order chi connectivity index (χ0) is 14.3. The van der Waals surface area contributed by atoms with Crippen molar-refractivity contribution in [1.82, 2.24) is 0 Å². The smallest absolute Gasteiger partial charge is 0.313 e. The lowest BCUT2D eigenvalue weighted by atomic mass is 9.94. The number of ketones is 1. The molecule has 0 atom stereocenters. The Kier molecular flexibility index (Phi) is 5.74. The van der Waals surface area contributed by atoms with E-state index in [0.717, 1.165) is 12.0 Å². The number of benzene rings is 1. The fourth-order valence-electron chi connectivity index (χ4n) is 1.91. The molecular formula is C15H17NO3. The van der Waals surface area contributed by atoms with E-state index in [4.69, 9.17) is 10.00 Å². The molecule has 0 saturated carbocycles. The molecule has 4 nitrogen and oxygen atoms in total. The topological polar surface area (TPSA) is 67.2 Å². The van der Waals surface area contributed by atoms with Gasteiger partial charge in [-0.2, -0.15) is 5.26 Å². The van der Waals surface area contributed by atoms with Crippen LogP contribution in [0.5, 0.6) is 0 Å². The molecule has 0 saturated heterocycles. The molecule has 0 unspecified atom stereocenters. The average Bonchev–Trinajstić information content (AvgIpc) is 2.39. The molecule has 0 aliphatic carbocycles. The minimum atomic E-state index is -0.530. The van der Waals surface area contributed by atoms with E-state index in [1.54, 1.807) is 25.1 Å². The van der Waals surface area contributed by atoms with Gasteiger partial charge in [-0.25, -0.2) is 0 Å². The zero-order valence-electron chi connectivity index (χ0n) is 11.2. The second kappa shape index (κ2) is 7.32. The van der Waals surface area contributed by atoms with E-state index in [1.807, 2.05) is 6.92 Å². The Balaban J connectivity index is 3.02. The Morgan fingerprint density at radius 2 is 2.05 bits per heavy atom. The molecule has 0 aliphatic heterocycles. The van der Waals surface area contributed by atoms with E-state index >= 15 is 0 Å². The number of nitriles is 1. The summed E-state index contributed by atoms with van der Waals surface area (Å²) in [4.78, 5) is 23.4. The normalized spacial score (nSPS) is 9.74. The van der Waals surface area contributed by atoms with Gasteiger partial charge in [-0.1, -0.05) is 25.5 Å². The lowest BCUT2D eigenvalue weighted by molar-refractivity contribution is -0.141. The molecule has 0 heterocycles. The van der Waals surface area contributed by atoms with Gasteiger partial charge < -0.3 is 4.74 Å². The van der Waals surface area contributed by atoms with Crippen molar-refractivity contribution in [2.24, 2.45) is 0 Å². The lowest BCUT2D eigenvalue weighted by Crippen LogP contribution is -2.13. The highest BCUT2D eigenvalue weighted by atomic mass is 16.5. The van der Waals surface area contributed by atoms with Crippen molar-refractivity contribution in [3.63, 3.8) is 0 Å². The first-order valence-electron chi connectivity index (χ1n) is 6.34. The van der Waals surface area contributed by atoms with Crippen LogP contribution in [-0.2, 0) is 16.0 Å². The molecule has 0 fully saturated rings. The Morgan fingerprint density at radius 3 is 2.63 bits per heavy atom. The van der Waals surface area contributed by atoms with Gasteiger partial charge in [0.05, 0.1) is 18.2 Å². The highest BCUT2D eigenvalue weighted by molar-refractivity contribution is 6.07. The summed E-state index contributed by atoms with van der Waals surface area (Å²) in [6.07, 6.45) is 1.20. The number of carbonyl (C=O) groups is 2. The number of hydrogen-bond donors (Lipinski definition) is 0. The fourth-order valence-corrected chi connectivity index (χ4v) is 1.91. The maximum atomic E-state index is 12.1. The molecule has 4 heteroatoms. The van der Waals surface area contributed by atoms with Gasteiger partial charge in [0.2, 0.25) is 0 Å². The van der Waals surface area contributed by atoms with Gasteiger partial charge >= 0.3 is 5.97 Å². The van der Waals surface area contributed by atoms with Crippen LogP contribution in [0.25, 0.3) is 0 Å². The Hall–Kier alpha value is -2.15. The van der Waals surface area contributed by atoms with Crippen molar-refractivity contribution < 1.29 is 14.3 Å². The fraction of sp³-hybridized carbons (Fsp3) is 0.400. The predicted molar refractivity (Wildman–Crippen MR) is 70.7 cm³/mol. The molecule has 1 aromatic carbocycles. The molecule has 1 rings (SSSR count). The van der Waals surface area contributed by atoms with Gasteiger partial charge in [0, 0.05) is 5.56 Å². The van der Waals surface area contributed by atoms with Gasteiger partial charge in [0.15, 0.2) is 5.78 Å².